The number of piperidine rings is 1. The number of benzene rings is 1. The summed E-state index contributed by atoms with van der Waals surface area (Å²) in [4.78, 5) is 37.4. The summed E-state index contributed by atoms with van der Waals surface area (Å²) in [5.41, 5.74) is 2.61. The third kappa shape index (κ3) is 12.5. The van der Waals surface area contributed by atoms with E-state index in [0.29, 0.717) is 86.3 Å². The number of nitrogens with zero attached hydrogens (tertiary/aromatic N) is 4. The molecule has 0 spiro atoms. The van der Waals surface area contributed by atoms with Gasteiger partial charge >= 0.3 is 18.1 Å². The lowest BCUT2D eigenvalue weighted by Crippen LogP contribution is -2.52. The highest BCUT2D eigenvalue weighted by molar-refractivity contribution is 7.22. The fourth-order valence-electron chi connectivity index (χ4n) is 6.25. The molecule has 0 bridgehead atoms. The Kier molecular flexibility index (Phi) is 15.0. The number of rotatable bonds is 20. The summed E-state index contributed by atoms with van der Waals surface area (Å²) >= 11 is 1.40. The summed E-state index contributed by atoms with van der Waals surface area (Å²) in [6, 6.07) is 10.9. The first-order valence-corrected chi connectivity index (χ1v) is 19.6. The number of methoxy groups -OCH3 is 1. The van der Waals surface area contributed by atoms with Gasteiger partial charge < -0.3 is 39.2 Å². The zero-order valence-electron chi connectivity index (χ0n) is 31.5. The van der Waals surface area contributed by atoms with E-state index in [1.54, 1.807) is 31.6 Å². The molecule has 1 aliphatic carbocycles. The molecule has 6 rings (SSSR count). The summed E-state index contributed by atoms with van der Waals surface area (Å²) in [6.45, 7) is 3.50. The largest absolute Gasteiger partial charge is 0.471 e. The van der Waals surface area contributed by atoms with Crippen LogP contribution < -0.4 is 15.4 Å². The number of carbonyl (C=O) groups excluding carboxylic acids is 2. The molecule has 1 saturated carbocycles. The minimum atomic E-state index is -4.98. The van der Waals surface area contributed by atoms with Gasteiger partial charge in [0.1, 0.15) is 5.75 Å². The van der Waals surface area contributed by atoms with E-state index < -0.39 is 23.9 Å². The van der Waals surface area contributed by atoms with Crippen LogP contribution in [0.2, 0.25) is 0 Å². The van der Waals surface area contributed by atoms with Crippen LogP contribution in [-0.2, 0) is 30.3 Å². The predicted molar refractivity (Wildman–Crippen MR) is 205 cm³/mol. The van der Waals surface area contributed by atoms with E-state index in [0.717, 1.165) is 28.2 Å². The maximum Gasteiger partial charge on any atom is 0.471 e. The molecular formula is C39H46F4N6O7S. The van der Waals surface area contributed by atoms with Crippen molar-refractivity contribution in [3.05, 3.63) is 66.2 Å². The summed E-state index contributed by atoms with van der Waals surface area (Å²) in [7, 11) is 1.58. The Morgan fingerprint density at radius 1 is 0.895 bits per heavy atom. The number of nitrogens with one attached hydrogen (secondary N) is 2. The van der Waals surface area contributed by atoms with E-state index in [9.17, 15) is 22.8 Å². The van der Waals surface area contributed by atoms with E-state index >= 15 is 4.39 Å². The van der Waals surface area contributed by atoms with Crippen LogP contribution in [0.5, 0.6) is 11.5 Å². The first-order chi connectivity index (χ1) is 27.6. The summed E-state index contributed by atoms with van der Waals surface area (Å²) in [5.74, 6) is -2.06. The molecule has 3 amide bonds. The molecule has 0 radical (unpaired) electrons. The number of amides is 3. The third-order valence-corrected chi connectivity index (χ3v) is 10.5. The number of alkyl halides is 3. The van der Waals surface area contributed by atoms with Crippen molar-refractivity contribution in [1.82, 2.24) is 25.1 Å². The standard InChI is InChI=1S/C39H46F4N6O7S/c1-52-16-17-54-20-21-55-19-18-53-15-14-49(37(50)39(41,42)43)29-9-12-48(13-10-29)25-26-2-6-31(45-24-26)35-23-32-36(57-35)34(8-11-44-32)56-33-7-5-28(22-30(33)40)47-38(51)46-27-3-4-27/h2,5-8,11,22-24,27,29H,3-4,9-10,12-21,25H2,1H3,(H2,46,47,51). The number of ether oxygens (including phenoxy) is 5. The molecule has 57 heavy (non-hydrogen) atoms. The zero-order valence-corrected chi connectivity index (χ0v) is 32.3. The maximum atomic E-state index is 15.0. The quantitative estimate of drug-likeness (QED) is 0.0740. The van der Waals surface area contributed by atoms with Gasteiger partial charge in [-0.25, -0.2) is 9.18 Å². The van der Waals surface area contributed by atoms with Crippen LogP contribution in [0.1, 0.15) is 31.2 Å². The summed E-state index contributed by atoms with van der Waals surface area (Å²) in [6.07, 6.45) is 1.03. The Hall–Kier alpha value is -4.46. The Morgan fingerprint density at radius 2 is 1.61 bits per heavy atom. The van der Waals surface area contributed by atoms with Crippen LogP contribution in [0.25, 0.3) is 20.8 Å². The number of likely N-dealkylation sites (tertiary alicyclic amines) is 1. The van der Waals surface area contributed by atoms with Gasteiger partial charge in [0.25, 0.3) is 0 Å². The van der Waals surface area contributed by atoms with Crippen LogP contribution in [-0.4, -0.2) is 123 Å². The van der Waals surface area contributed by atoms with Gasteiger partial charge in [-0.3, -0.25) is 19.7 Å². The molecule has 2 N–H and O–H groups in total. The van der Waals surface area contributed by atoms with Crippen molar-refractivity contribution in [3.8, 4) is 22.1 Å². The van der Waals surface area contributed by atoms with E-state index in [-0.39, 0.29) is 44.2 Å². The Bertz CT molecular complexity index is 1920. The second-order valence-corrected chi connectivity index (χ2v) is 14.7. The number of hydrogen-bond acceptors (Lipinski definition) is 11. The minimum Gasteiger partial charge on any atom is -0.453 e. The van der Waals surface area contributed by atoms with Crippen molar-refractivity contribution in [2.24, 2.45) is 0 Å². The second kappa shape index (κ2) is 20.3. The van der Waals surface area contributed by atoms with E-state index in [2.05, 4.69) is 25.5 Å². The van der Waals surface area contributed by atoms with Gasteiger partial charge in [-0.05, 0) is 55.5 Å². The van der Waals surface area contributed by atoms with Gasteiger partial charge in [0.05, 0.1) is 67.0 Å². The topological polar surface area (TPSA) is 137 Å². The van der Waals surface area contributed by atoms with E-state index in [1.165, 1.54) is 23.5 Å². The molecule has 308 valence electrons. The molecule has 1 aliphatic heterocycles. The van der Waals surface area contributed by atoms with Crippen molar-refractivity contribution in [1.29, 1.82) is 0 Å². The van der Waals surface area contributed by atoms with Crippen molar-refractivity contribution in [2.75, 3.05) is 78.3 Å². The van der Waals surface area contributed by atoms with Crippen LogP contribution in [0.3, 0.4) is 0 Å². The molecule has 13 nitrogen and oxygen atoms in total. The van der Waals surface area contributed by atoms with E-state index in [4.69, 9.17) is 23.7 Å². The molecule has 3 aromatic heterocycles. The van der Waals surface area contributed by atoms with Crippen LogP contribution >= 0.6 is 11.3 Å². The van der Waals surface area contributed by atoms with Crippen LogP contribution in [0, 0.1) is 5.82 Å². The molecule has 18 heteroatoms. The van der Waals surface area contributed by atoms with Gasteiger partial charge in [-0.1, -0.05) is 6.07 Å². The lowest BCUT2D eigenvalue weighted by molar-refractivity contribution is -0.189. The Morgan fingerprint density at radius 3 is 2.26 bits per heavy atom. The van der Waals surface area contributed by atoms with Gasteiger partial charge in [0, 0.05) is 75.6 Å². The van der Waals surface area contributed by atoms with Gasteiger partial charge in [-0.2, -0.15) is 13.2 Å². The zero-order chi connectivity index (χ0) is 40.2. The van der Waals surface area contributed by atoms with Gasteiger partial charge in [0.2, 0.25) is 0 Å². The molecule has 1 saturated heterocycles. The molecule has 0 unspecified atom stereocenters. The molecule has 2 aliphatic rings. The van der Waals surface area contributed by atoms with Crippen molar-refractivity contribution < 1.29 is 50.8 Å². The highest BCUT2D eigenvalue weighted by Gasteiger charge is 2.45. The summed E-state index contributed by atoms with van der Waals surface area (Å²) in [5, 5.41) is 5.43. The average Bonchev–Trinajstić information content (AvgIpc) is 3.89. The number of aromatic nitrogens is 2. The number of carbonyl (C=O) groups is 2. The molecule has 4 heterocycles. The fourth-order valence-corrected chi connectivity index (χ4v) is 7.29. The molecular weight excluding hydrogens is 773 g/mol. The maximum absolute atomic E-state index is 15.0. The van der Waals surface area contributed by atoms with Gasteiger partial charge in [0.15, 0.2) is 11.6 Å². The Balaban J connectivity index is 0.979. The molecule has 2 fully saturated rings. The first-order valence-electron chi connectivity index (χ1n) is 18.8. The molecule has 4 aromatic rings. The summed E-state index contributed by atoms with van der Waals surface area (Å²) < 4.78 is 83.3. The van der Waals surface area contributed by atoms with Crippen molar-refractivity contribution in [3.63, 3.8) is 0 Å². The fraction of sp³-hybridized carbons (Fsp3) is 0.487. The minimum absolute atomic E-state index is 0.000500. The number of anilines is 1. The number of pyridine rings is 2. The third-order valence-electron chi connectivity index (χ3n) is 9.33. The van der Waals surface area contributed by atoms with Gasteiger partial charge in [-0.15, -0.1) is 11.3 Å². The number of urea groups is 1. The lowest BCUT2D eigenvalue weighted by atomic mass is 10.0. The van der Waals surface area contributed by atoms with Crippen LogP contribution in [0.15, 0.2) is 54.9 Å². The number of halogens is 4. The lowest BCUT2D eigenvalue weighted by Gasteiger charge is -2.38. The van der Waals surface area contributed by atoms with Crippen molar-refractivity contribution in [2.45, 2.75) is 50.5 Å². The van der Waals surface area contributed by atoms with Crippen LogP contribution in [0.4, 0.5) is 28.0 Å². The number of hydrogen-bond donors (Lipinski definition) is 2. The smallest absolute Gasteiger partial charge is 0.453 e. The monoisotopic (exact) mass is 818 g/mol. The molecule has 1 aromatic carbocycles. The average molecular weight is 819 g/mol. The number of fused-ring (bicyclic) bond motifs is 1. The number of thiophene rings is 1. The van der Waals surface area contributed by atoms with E-state index in [1.807, 2.05) is 18.2 Å². The molecule has 0 atom stereocenters. The second-order valence-electron chi connectivity index (χ2n) is 13.6. The predicted octanol–water partition coefficient (Wildman–Crippen LogP) is 6.63. The normalized spacial score (nSPS) is 15.2. The highest BCUT2D eigenvalue weighted by atomic mass is 32.1. The van der Waals surface area contributed by atoms with Crippen molar-refractivity contribution >= 4 is 39.2 Å². The highest BCUT2D eigenvalue weighted by Crippen LogP contribution is 2.39. The SMILES string of the molecule is COCCOCCOCCOCCN(C(=O)C(F)(F)F)C1CCN(Cc2ccc(-c3cc4nccc(Oc5ccc(NC(=O)NC6CC6)cc5F)c4s3)nc2)CC1. The Labute approximate surface area is 331 Å². The first kappa shape index (κ1) is 42.2.